The van der Waals surface area contributed by atoms with E-state index in [1.54, 1.807) is 30.3 Å². The average molecular weight is 431 g/mol. The molecular weight excluding hydrogens is 400 g/mol. The van der Waals surface area contributed by atoms with E-state index in [1.165, 1.54) is 13.8 Å². The monoisotopic (exact) mass is 430 g/mol. The highest BCUT2D eigenvalue weighted by atomic mass is 32.2. The molecule has 0 fully saturated rings. The number of esters is 1. The smallest absolute Gasteiger partial charge is 0.326 e. The van der Waals surface area contributed by atoms with Crippen LogP contribution in [0.2, 0.25) is 0 Å². The second-order valence-electron chi connectivity index (χ2n) is 6.94. The van der Waals surface area contributed by atoms with Gasteiger partial charge in [0, 0.05) is 12.5 Å². The Morgan fingerprint density at radius 2 is 1.62 bits per heavy atom. The van der Waals surface area contributed by atoms with Crippen molar-refractivity contribution < 1.29 is 37.3 Å². The van der Waals surface area contributed by atoms with Gasteiger partial charge >= 0.3 is 11.9 Å². The molecule has 1 unspecified atom stereocenters. The third kappa shape index (κ3) is 8.12. The van der Waals surface area contributed by atoms with E-state index in [9.17, 15) is 18.0 Å². The molecule has 0 bridgehead atoms. The van der Waals surface area contributed by atoms with Gasteiger partial charge in [-0.1, -0.05) is 30.3 Å². The van der Waals surface area contributed by atoms with E-state index in [1.807, 2.05) is 6.92 Å². The van der Waals surface area contributed by atoms with Gasteiger partial charge in [-0.25, -0.2) is 8.42 Å². The van der Waals surface area contributed by atoms with Gasteiger partial charge in [-0.2, -0.15) is 0 Å². The van der Waals surface area contributed by atoms with Crippen molar-refractivity contribution in [3.8, 4) is 0 Å². The third-order valence-corrected chi connectivity index (χ3v) is 6.98. The molecule has 1 aromatic carbocycles. The summed E-state index contributed by atoms with van der Waals surface area (Å²) in [6, 6.07) is 8.53. The van der Waals surface area contributed by atoms with Crippen molar-refractivity contribution in [1.29, 1.82) is 0 Å². The lowest BCUT2D eigenvalue weighted by molar-refractivity contribution is -0.147. The molecule has 0 aliphatic heterocycles. The minimum absolute atomic E-state index is 0.0822. The van der Waals surface area contributed by atoms with Gasteiger partial charge < -0.3 is 19.3 Å². The zero-order chi connectivity index (χ0) is 21.9. The molecule has 0 aliphatic rings. The van der Waals surface area contributed by atoms with E-state index in [-0.39, 0.29) is 19.6 Å². The molecule has 0 radical (unpaired) electrons. The number of carboxylic acid groups (broad SMARTS) is 1. The van der Waals surface area contributed by atoms with Crippen LogP contribution in [0.25, 0.3) is 0 Å². The minimum atomic E-state index is -4.01. The topological polar surface area (TPSA) is 116 Å². The Morgan fingerprint density at radius 1 is 1.03 bits per heavy atom. The van der Waals surface area contributed by atoms with Crippen molar-refractivity contribution in [1.82, 2.24) is 0 Å². The van der Waals surface area contributed by atoms with Crippen molar-refractivity contribution in [2.24, 2.45) is 0 Å². The van der Waals surface area contributed by atoms with Crippen LogP contribution in [0.15, 0.2) is 30.3 Å². The van der Waals surface area contributed by atoms with Crippen molar-refractivity contribution in [2.75, 3.05) is 38.8 Å². The molecule has 29 heavy (non-hydrogen) atoms. The van der Waals surface area contributed by atoms with E-state index >= 15 is 0 Å². The van der Waals surface area contributed by atoms with Gasteiger partial charge in [0.15, 0.2) is 14.6 Å². The Balaban J connectivity index is 2.73. The lowest BCUT2D eigenvalue weighted by Gasteiger charge is -2.25. The Kier molecular flexibility index (Phi) is 10.3. The highest BCUT2D eigenvalue weighted by Crippen LogP contribution is 2.28. The molecule has 0 heterocycles. The van der Waals surface area contributed by atoms with Gasteiger partial charge in [-0.15, -0.1) is 0 Å². The summed E-state index contributed by atoms with van der Waals surface area (Å²) in [7, 11) is -4.01. The number of carbonyl (C=O) groups excluding carboxylic acids is 1. The standard InChI is InChI=1S/C20H30O8S/c1-4-26-10-11-27-12-13-28-19(23)20(2,3)29(24,25)15-17(14-18(21)22)16-8-6-5-7-9-16/h5-9,17H,4,10-15H2,1-3H3,(H,21,22). The molecule has 8 nitrogen and oxygen atoms in total. The lowest BCUT2D eigenvalue weighted by Crippen LogP contribution is -2.44. The van der Waals surface area contributed by atoms with Crippen molar-refractivity contribution >= 4 is 21.8 Å². The summed E-state index contributed by atoms with van der Waals surface area (Å²) in [6.45, 7) is 5.80. The van der Waals surface area contributed by atoms with Gasteiger partial charge in [0.2, 0.25) is 0 Å². The average Bonchev–Trinajstić information content (AvgIpc) is 2.66. The number of sulfone groups is 1. The molecule has 0 aliphatic carbocycles. The largest absolute Gasteiger partial charge is 0.481 e. The Bertz CT molecular complexity index is 743. The van der Waals surface area contributed by atoms with Crippen LogP contribution < -0.4 is 0 Å². The molecule has 1 rings (SSSR count). The van der Waals surface area contributed by atoms with Crippen LogP contribution in [0, 0.1) is 0 Å². The predicted octanol–water partition coefficient (Wildman–Crippen LogP) is 2.03. The predicted molar refractivity (Wildman–Crippen MR) is 108 cm³/mol. The highest BCUT2D eigenvalue weighted by Gasteiger charge is 2.44. The first-order valence-corrected chi connectivity index (χ1v) is 11.1. The van der Waals surface area contributed by atoms with Crippen molar-refractivity contribution in [3.05, 3.63) is 35.9 Å². The van der Waals surface area contributed by atoms with E-state index in [0.717, 1.165) is 0 Å². The summed E-state index contributed by atoms with van der Waals surface area (Å²) < 4.78 is 39.4. The van der Waals surface area contributed by atoms with Crippen LogP contribution in [-0.2, 0) is 33.6 Å². The Hall–Kier alpha value is -1.97. The molecule has 0 amide bonds. The van der Waals surface area contributed by atoms with Crippen LogP contribution in [0.3, 0.4) is 0 Å². The number of aliphatic carboxylic acids is 1. The molecule has 1 N–H and O–H groups in total. The number of hydrogen-bond acceptors (Lipinski definition) is 7. The molecule has 164 valence electrons. The second-order valence-corrected chi connectivity index (χ2v) is 9.53. The molecule has 0 aromatic heterocycles. The zero-order valence-corrected chi connectivity index (χ0v) is 17.9. The second kappa shape index (κ2) is 11.9. The third-order valence-electron chi connectivity index (χ3n) is 4.42. The summed E-state index contributed by atoms with van der Waals surface area (Å²) in [4.78, 5) is 23.6. The van der Waals surface area contributed by atoms with Crippen LogP contribution in [0.1, 0.15) is 38.7 Å². The number of rotatable bonds is 14. The van der Waals surface area contributed by atoms with Crippen LogP contribution in [-0.4, -0.2) is 69.0 Å². The molecule has 0 spiro atoms. The van der Waals surface area contributed by atoms with Crippen LogP contribution in [0.5, 0.6) is 0 Å². The summed E-state index contributed by atoms with van der Waals surface area (Å²) >= 11 is 0. The van der Waals surface area contributed by atoms with E-state index in [0.29, 0.717) is 25.4 Å². The first kappa shape index (κ1) is 25.1. The van der Waals surface area contributed by atoms with E-state index < -0.39 is 38.2 Å². The maximum Gasteiger partial charge on any atom is 0.326 e. The summed E-state index contributed by atoms with van der Waals surface area (Å²) in [5.74, 6) is -3.25. The molecule has 1 aromatic rings. The highest BCUT2D eigenvalue weighted by molar-refractivity contribution is 7.93. The fraction of sp³-hybridized carbons (Fsp3) is 0.600. The maximum absolute atomic E-state index is 12.9. The quantitative estimate of drug-likeness (QED) is 0.352. The first-order valence-electron chi connectivity index (χ1n) is 9.43. The number of benzene rings is 1. The zero-order valence-electron chi connectivity index (χ0n) is 17.1. The van der Waals surface area contributed by atoms with Gasteiger partial charge in [0.05, 0.1) is 32.0 Å². The Morgan fingerprint density at radius 3 is 2.21 bits per heavy atom. The van der Waals surface area contributed by atoms with Gasteiger partial charge in [0.1, 0.15) is 6.61 Å². The van der Waals surface area contributed by atoms with Crippen molar-refractivity contribution in [2.45, 2.75) is 37.9 Å². The van der Waals surface area contributed by atoms with Gasteiger partial charge in [0.25, 0.3) is 0 Å². The normalized spacial score (nSPS) is 13.1. The maximum atomic E-state index is 12.9. The number of hydrogen-bond donors (Lipinski definition) is 1. The fourth-order valence-electron chi connectivity index (χ4n) is 2.54. The Labute approximate surface area is 172 Å². The molecular formula is C20H30O8S. The molecule has 0 saturated heterocycles. The minimum Gasteiger partial charge on any atom is -0.481 e. The van der Waals surface area contributed by atoms with E-state index in [2.05, 4.69) is 0 Å². The van der Waals surface area contributed by atoms with Gasteiger partial charge in [-0.3, -0.25) is 9.59 Å². The van der Waals surface area contributed by atoms with Crippen LogP contribution >= 0.6 is 0 Å². The fourth-order valence-corrected chi connectivity index (χ4v) is 4.11. The summed E-state index contributed by atoms with van der Waals surface area (Å²) in [6.07, 6.45) is -0.359. The van der Waals surface area contributed by atoms with Crippen LogP contribution in [0.4, 0.5) is 0 Å². The van der Waals surface area contributed by atoms with E-state index in [4.69, 9.17) is 19.3 Å². The summed E-state index contributed by atoms with van der Waals surface area (Å²) in [5.41, 5.74) is 0.588. The van der Waals surface area contributed by atoms with Crippen molar-refractivity contribution in [3.63, 3.8) is 0 Å². The number of carboxylic acids is 1. The lowest BCUT2D eigenvalue weighted by atomic mass is 9.98. The van der Waals surface area contributed by atoms with Gasteiger partial charge in [-0.05, 0) is 26.3 Å². The SMILES string of the molecule is CCOCCOCCOC(=O)C(C)(C)S(=O)(=O)CC(CC(=O)O)c1ccccc1. The molecule has 9 heteroatoms. The molecule has 1 atom stereocenters. The molecule has 0 saturated carbocycles. The number of carbonyl (C=O) groups is 2. The summed E-state index contributed by atoms with van der Waals surface area (Å²) in [5, 5.41) is 9.17. The first-order chi connectivity index (χ1) is 13.6. The number of ether oxygens (including phenoxy) is 3.